The zero-order valence-electron chi connectivity index (χ0n) is 8.21. The van der Waals surface area contributed by atoms with Crippen LogP contribution in [-0.4, -0.2) is 29.9 Å². The summed E-state index contributed by atoms with van der Waals surface area (Å²) in [6.45, 7) is -0.264. The number of hydrogen-bond donors (Lipinski definition) is 2. The van der Waals surface area contributed by atoms with E-state index >= 15 is 0 Å². The predicted molar refractivity (Wildman–Crippen MR) is 51.1 cm³/mol. The third-order valence-electron chi connectivity index (χ3n) is 1.77. The summed E-state index contributed by atoms with van der Waals surface area (Å²) in [7, 11) is 1.25. The van der Waals surface area contributed by atoms with E-state index in [1.165, 1.54) is 19.2 Å². The van der Waals surface area contributed by atoms with E-state index in [2.05, 4.69) is 4.74 Å². The molecular formula is C10H12O5. The highest BCUT2D eigenvalue weighted by atomic mass is 16.6. The van der Waals surface area contributed by atoms with Crippen molar-refractivity contribution in [1.82, 2.24) is 0 Å². The topological polar surface area (TPSA) is 76.0 Å². The lowest BCUT2D eigenvalue weighted by Gasteiger charge is -2.11. The lowest BCUT2D eigenvalue weighted by atomic mass is 10.2. The molecular weight excluding hydrogens is 200 g/mol. The van der Waals surface area contributed by atoms with Crippen LogP contribution in [0.4, 0.5) is 0 Å². The second kappa shape index (κ2) is 5.33. The Morgan fingerprint density at radius 1 is 1.40 bits per heavy atom. The molecule has 5 heteroatoms. The third-order valence-corrected chi connectivity index (χ3v) is 1.77. The highest BCUT2D eigenvalue weighted by Crippen LogP contribution is 2.22. The molecule has 0 radical (unpaired) electrons. The van der Waals surface area contributed by atoms with Crippen LogP contribution < -0.4 is 4.74 Å². The van der Waals surface area contributed by atoms with Gasteiger partial charge in [-0.1, -0.05) is 18.2 Å². The number of aliphatic hydroxyl groups excluding tert-OH is 1. The molecule has 1 aromatic rings. The van der Waals surface area contributed by atoms with Crippen LogP contribution in [0.5, 0.6) is 5.75 Å². The monoisotopic (exact) mass is 212 g/mol. The Labute approximate surface area is 86.9 Å². The Balaban J connectivity index is 2.71. The Morgan fingerprint density at radius 3 is 2.67 bits per heavy atom. The number of esters is 1. The second-order valence-electron chi connectivity index (χ2n) is 2.78. The summed E-state index contributed by atoms with van der Waals surface area (Å²) in [6.07, 6.45) is -1.63. The van der Waals surface area contributed by atoms with Crippen molar-refractivity contribution < 1.29 is 24.5 Å². The first-order chi connectivity index (χ1) is 7.15. The van der Waals surface area contributed by atoms with E-state index in [-0.39, 0.29) is 17.9 Å². The average Bonchev–Trinajstić information content (AvgIpc) is 2.26. The minimum atomic E-state index is -1.63. The molecule has 2 N–H and O–H groups in total. The number of hydrogen-bond acceptors (Lipinski definition) is 5. The minimum Gasteiger partial charge on any atom is -0.481 e. The van der Waals surface area contributed by atoms with Crippen LogP contribution in [0.2, 0.25) is 0 Å². The van der Waals surface area contributed by atoms with Gasteiger partial charge in [0, 0.05) is 5.56 Å². The van der Waals surface area contributed by atoms with E-state index in [0.29, 0.717) is 0 Å². The fourth-order valence-corrected chi connectivity index (χ4v) is 1.02. The molecule has 0 aliphatic rings. The molecule has 0 aliphatic heterocycles. The van der Waals surface area contributed by atoms with Gasteiger partial charge in [-0.2, -0.15) is 0 Å². The highest BCUT2D eigenvalue weighted by Gasteiger charge is 2.10. The molecule has 0 aromatic heterocycles. The zero-order chi connectivity index (χ0) is 11.3. The highest BCUT2D eigenvalue weighted by molar-refractivity contribution is 5.70. The number of ether oxygens (including phenoxy) is 2. The van der Waals surface area contributed by atoms with Crippen molar-refractivity contribution >= 4 is 5.97 Å². The first-order valence-corrected chi connectivity index (χ1v) is 4.30. The molecule has 1 aromatic carbocycles. The molecule has 0 unspecified atom stereocenters. The van der Waals surface area contributed by atoms with Gasteiger partial charge in [-0.3, -0.25) is 0 Å². The summed E-state index contributed by atoms with van der Waals surface area (Å²) in [6, 6.07) is 6.34. The number of rotatable bonds is 4. The summed E-state index contributed by atoms with van der Waals surface area (Å²) in [5.41, 5.74) is 0.210. The van der Waals surface area contributed by atoms with Crippen molar-refractivity contribution in [2.45, 2.75) is 6.29 Å². The van der Waals surface area contributed by atoms with Crippen LogP contribution in [0.15, 0.2) is 24.3 Å². The molecule has 0 fully saturated rings. The molecule has 5 nitrogen and oxygen atoms in total. The molecule has 0 bridgehead atoms. The molecule has 82 valence electrons. The van der Waals surface area contributed by atoms with Crippen molar-refractivity contribution in [3.05, 3.63) is 29.8 Å². The molecule has 0 saturated heterocycles. The van der Waals surface area contributed by atoms with Gasteiger partial charge >= 0.3 is 5.97 Å². The average molecular weight is 212 g/mol. The minimum absolute atomic E-state index is 0.210. The number of methoxy groups -OCH3 is 1. The smallest absolute Gasteiger partial charge is 0.343 e. The summed E-state index contributed by atoms with van der Waals surface area (Å²) >= 11 is 0. The Hall–Kier alpha value is -1.59. The van der Waals surface area contributed by atoms with E-state index in [1.54, 1.807) is 12.1 Å². The number of benzene rings is 1. The lowest BCUT2D eigenvalue weighted by Crippen LogP contribution is -2.13. The van der Waals surface area contributed by atoms with Crippen LogP contribution in [0.3, 0.4) is 0 Å². The maximum atomic E-state index is 10.8. The van der Waals surface area contributed by atoms with Gasteiger partial charge in [0.2, 0.25) is 0 Å². The fourth-order valence-electron chi connectivity index (χ4n) is 1.02. The van der Waals surface area contributed by atoms with Gasteiger partial charge in [0.25, 0.3) is 0 Å². The molecule has 0 spiro atoms. The number of carbonyl (C=O) groups is 1. The summed E-state index contributed by atoms with van der Waals surface area (Å²) in [4.78, 5) is 10.8. The summed E-state index contributed by atoms with van der Waals surface area (Å²) in [5, 5.41) is 18.0. The lowest BCUT2D eigenvalue weighted by molar-refractivity contribution is -0.143. The van der Waals surface area contributed by atoms with Gasteiger partial charge in [0.05, 0.1) is 7.11 Å². The number of carbonyl (C=O) groups excluding carboxylic acids is 1. The number of aliphatic hydroxyl groups is 2. The van der Waals surface area contributed by atoms with Gasteiger partial charge in [0.15, 0.2) is 12.9 Å². The van der Waals surface area contributed by atoms with Crippen LogP contribution in [0.1, 0.15) is 11.9 Å². The SMILES string of the molecule is COC(=O)COc1ccccc1C(O)O. The predicted octanol–water partition coefficient (Wildman–Crippen LogP) is 0.222. The molecule has 0 aliphatic carbocycles. The van der Waals surface area contributed by atoms with E-state index < -0.39 is 12.3 Å². The Kier molecular flexibility index (Phi) is 4.08. The third kappa shape index (κ3) is 3.23. The standard InChI is InChI=1S/C10H12O5/c1-14-9(11)6-15-8-5-3-2-4-7(8)10(12)13/h2-5,10,12-13H,6H2,1H3. The van der Waals surface area contributed by atoms with Gasteiger partial charge < -0.3 is 19.7 Å². The van der Waals surface area contributed by atoms with Crippen molar-refractivity contribution in [2.75, 3.05) is 13.7 Å². The van der Waals surface area contributed by atoms with Crippen LogP contribution in [0, 0.1) is 0 Å². The quantitative estimate of drug-likeness (QED) is 0.551. The molecule has 0 saturated carbocycles. The largest absolute Gasteiger partial charge is 0.481 e. The second-order valence-corrected chi connectivity index (χ2v) is 2.78. The summed E-state index contributed by atoms with van der Waals surface area (Å²) < 4.78 is 9.44. The first-order valence-electron chi connectivity index (χ1n) is 4.30. The van der Waals surface area contributed by atoms with E-state index in [0.717, 1.165) is 0 Å². The fraction of sp³-hybridized carbons (Fsp3) is 0.300. The van der Waals surface area contributed by atoms with Crippen molar-refractivity contribution in [3.63, 3.8) is 0 Å². The van der Waals surface area contributed by atoms with E-state index in [4.69, 9.17) is 14.9 Å². The van der Waals surface area contributed by atoms with Crippen LogP contribution >= 0.6 is 0 Å². The first kappa shape index (κ1) is 11.5. The van der Waals surface area contributed by atoms with Crippen molar-refractivity contribution in [1.29, 1.82) is 0 Å². The molecule has 0 heterocycles. The molecule has 0 atom stereocenters. The Bertz CT molecular complexity index is 334. The molecule has 0 amide bonds. The van der Waals surface area contributed by atoms with Gasteiger partial charge in [-0.05, 0) is 6.07 Å². The van der Waals surface area contributed by atoms with Crippen molar-refractivity contribution in [3.8, 4) is 5.75 Å². The van der Waals surface area contributed by atoms with Gasteiger partial charge in [-0.15, -0.1) is 0 Å². The van der Waals surface area contributed by atoms with E-state index in [9.17, 15) is 4.79 Å². The number of para-hydroxylation sites is 1. The maximum absolute atomic E-state index is 10.8. The van der Waals surface area contributed by atoms with Gasteiger partial charge in [-0.25, -0.2) is 4.79 Å². The van der Waals surface area contributed by atoms with Gasteiger partial charge in [0.1, 0.15) is 5.75 Å². The normalized spacial score (nSPS) is 10.1. The Morgan fingerprint density at radius 2 is 2.07 bits per heavy atom. The summed E-state index contributed by atoms with van der Waals surface area (Å²) in [5.74, 6) is -0.282. The van der Waals surface area contributed by atoms with Crippen LogP contribution in [-0.2, 0) is 9.53 Å². The van der Waals surface area contributed by atoms with E-state index in [1.807, 2.05) is 0 Å². The van der Waals surface area contributed by atoms with Crippen molar-refractivity contribution in [2.24, 2.45) is 0 Å². The molecule has 1 rings (SSSR count). The van der Waals surface area contributed by atoms with Crippen LogP contribution in [0.25, 0.3) is 0 Å². The molecule has 15 heavy (non-hydrogen) atoms. The maximum Gasteiger partial charge on any atom is 0.343 e. The zero-order valence-corrected chi connectivity index (χ0v) is 8.21.